The third kappa shape index (κ3) is 6.56. The Bertz CT molecular complexity index is 562. The number of nitrogens with two attached hydrogens (primary N) is 1. The standard InChI is InChI=1S/C14H15F3N2OS/c1-10-9-12(5-4-11(10)3-2-6-18)13(20)19-7-8-21-14(15,16)17/h4-5,9H,6-8,18H2,1H3,(H,19,20). The summed E-state index contributed by atoms with van der Waals surface area (Å²) in [5, 5.41) is 2.45. The summed E-state index contributed by atoms with van der Waals surface area (Å²) in [4.78, 5) is 11.8. The van der Waals surface area contributed by atoms with Crippen molar-refractivity contribution < 1.29 is 18.0 Å². The number of aryl methyl sites for hydroxylation is 1. The molecule has 0 aromatic heterocycles. The lowest BCUT2D eigenvalue weighted by molar-refractivity contribution is -0.0327. The van der Waals surface area contributed by atoms with Gasteiger partial charge in [0.25, 0.3) is 5.91 Å². The molecule has 0 aliphatic heterocycles. The van der Waals surface area contributed by atoms with E-state index in [0.717, 1.165) is 11.1 Å². The molecule has 3 N–H and O–H groups in total. The molecule has 3 nitrogen and oxygen atoms in total. The van der Waals surface area contributed by atoms with Crippen molar-refractivity contribution in [3.05, 3.63) is 34.9 Å². The Morgan fingerprint density at radius 2 is 2.14 bits per heavy atom. The number of hydrogen-bond acceptors (Lipinski definition) is 3. The van der Waals surface area contributed by atoms with E-state index in [-0.39, 0.29) is 30.6 Å². The molecule has 0 bridgehead atoms. The van der Waals surface area contributed by atoms with Crippen molar-refractivity contribution in [2.45, 2.75) is 12.4 Å². The van der Waals surface area contributed by atoms with E-state index in [2.05, 4.69) is 17.2 Å². The monoisotopic (exact) mass is 316 g/mol. The number of benzene rings is 1. The minimum absolute atomic E-state index is 0.0449. The average Bonchev–Trinajstić information content (AvgIpc) is 2.41. The molecule has 0 saturated carbocycles. The first kappa shape index (κ1) is 17.4. The summed E-state index contributed by atoms with van der Waals surface area (Å²) in [5.74, 6) is 4.97. The van der Waals surface area contributed by atoms with Gasteiger partial charge in [-0.15, -0.1) is 0 Å². The molecule has 0 atom stereocenters. The fourth-order valence-electron chi connectivity index (χ4n) is 1.52. The minimum Gasteiger partial charge on any atom is -0.351 e. The van der Waals surface area contributed by atoms with Crippen molar-refractivity contribution >= 4 is 17.7 Å². The van der Waals surface area contributed by atoms with E-state index in [1.165, 1.54) is 0 Å². The normalized spacial score (nSPS) is 10.7. The van der Waals surface area contributed by atoms with Crippen LogP contribution in [0.15, 0.2) is 18.2 Å². The minimum atomic E-state index is -4.27. The second kappa shape index (κ2) is 7.96. The van der Waals surface area contributed by atoms with Crippen molar-refractivity contribution in [2.75, 3.05) is 18.8 Å². The summed E-state index contributed by atoms with van der Waals surface area (Å²) in [6.07, 6.45) is 0. The number of rotatable bonds is 4. The van der Waals surface area contributed by atoms with Crippen LogP contribution < -0.4 is 11.1 Å². The van der Waals surface area contributed by atoms with Gasteiger partial charge in [0.05, 0.1) is 6.54 Å². The molecule has 0 fully saturated rings. The van der Waals surface area contributed by atoms with E-state index in [9.17, 15) is 18.0 Å². The quantitative estimate of drug-likeness (QED) is 0.662. The van der Waals surface area contributed by atoms with Gasteiger partial charge in [0.15, 0.2) is 0 Å². The van der Waals surface area contributed by atoms with Crippen LogP contribution in [-0.2, 0) is 0 Å². The highest BCUT2D eigenvalue weighted by Gasteiger charge is 2.27. The third-order valence-corrected chi connectivity index (χ3v) is 3.20. The lowest BCUT2D eigenvalue weighted by Crippen LogP contribution is -2.26. The van der Waals surface area contributed by atoms with Crippen LogP contribution in [0.3, 0.4) is 0 Å². The number of carbonyl (C=O) groups excluding carboxylic acids is 1. The van der Waals surface area contributed by atoms with Gasteiger partial charge in [-0.1, -0.05) is 11.8 Å². The maximum atomic E-state index is 11.9. The number of hydrogen-bond donors (Lipinski definition) is 2. The van der Waals surface area contributed by atoms with Crippen LogP contribution in [0, 0.1) is 18.8 Å². The lowest BCUT2D eigenvalue weighted by Gasteiger charge is -2.08. The predicted octanol–water partition coefficient (Wildman–Crippen LogP) is 2.29. The van der Waals surface area contributed by atoms with Gasteiger partial charge in [-0.25, -0.2) is 0 Å². The first-order valence-electron chi connectivity index (χ1n) is 6.12. The molecule has 0 aliphatic carbocycles. The molecule has 7 heteroatoms. The number of thioether (sulfide) groups is 1. The Morgan fingerprint density at radius 3 is 2.71 bits per heavy atom. The van der Waals surface area contributed by atoms with Crippen molar-refractivity contribution in [2.24, 2.45) is 5.73 Å². The Hall–Kier alpha value is -1.65. The Balaban J connectivity index is 2.57. The second-order valence-corrected chi connectivity index (χ2v) is 5.25. The fraction of sp³-hybridized carbons (Fsp3) is 0.357. The Labute approximate surface area is 125 Å². The highest BCUT2D eigenvalue weighted by atomic mass is 32.2. The molecule has 0 spiro atoms. The first-order valence-corrected chi connectivity index (χ1v) is 7.10. The maximum Gasteiger partial charge on any atom is 0.441 e. The molecule has 0 heterocycles. The molecular weight excluding hydrogens is 301 g/mol. The topological polar surface area (TPSA) is 55.1 Å². The van der Waals surface area contributed by atoms with E-state index < -0.39 is 11.4 Å². The van der Waals surface area contributed by atoms with Gasteiger partial charge >= 0.3 is 5.51 Å². The summed E-state index contributed by atoms with van der Waals surface area (Å²) in [6.45, 7) is 2.01. The van der Waals surface area contributed by atoms with E-state index in [1.54, 1.807) is 25.1 Å². The van der Waals surface area contributed by atoms with E-state index in [4.69, 9.17) is 5.73 Å². The Kier molecular flexibility index (Phi) is 6.59. The molecule has 21 heavy (non-hydrogen) atoms. The summed E-state index contributed by atoms with van der Waals surface area (Å²) in [5.41, 5.74) is 2.98. The summed E-state index contributed by atoms with van der Waals surface area (Å²) >= 11 is -0.159. The SMILES string of the molecule is Cc1cc(C(=O)NCCSC(F)(F)F)ccc1C#CCN. The summed E-state index contributed by atoms with van der Waals surface area (Å²) < 4.78 is 35.8. The smallest absolute Gasteiger partial charge is 0.351 e. The van der Waals surface area contributed by atoms with Gasteiger partial charge in [0, 0.05) is 23.4 Å². The maximum absolute atomic E-state index is 11.9. The number of halogens is 3. The van der Waals surface area contributed by atoms with Crippen LogP contribution in [0.2, 0.25) is 0 Å². The van der Waals surface area contributed by atoms with Crippen LogP contribution in [-0.4, -0.2) is 30.3 Å². The molecule has 114 valence electrons. The number of nitrogens with one attached hydrogen (secondary N) is 1. The van der Waals surface area contributed by atoms with E-state index >= 15 is 0 Å². The first-order chi connectivity index (χ1) is 9.83. The predicted molar refractivity (Wildman–Crippen MR) is 78.0 cm³/mol. The molecule has 0 radical (unpaired) electrons. The van der Waals surface area contributed by atoms with Crippen LogP contribution >= 0.6 is 11.8 Å². The second-order valence-electron chi connectivity index (χ2n) is 4.09. The third-order valence-electron chi connectivity index (χ3n) is 2.47. The number of alkyl halides is 3. The summed E-state index contributed by atoms with van der Waals surface area (Å²) in [7, 11) is 0. The molecule has 0 aliphatic rings. The largest absolute Gasteiger partial charge is 0.441 e. The molecule has 1 rings (SSSR count). The lowest BCUT2D eigenvalue weighted by atomic mass is 10.0. The summed E-state index contributed by atoms with van der Waals surface area (Å²) in [6, 6.07) is 4.92. The van der Waals surface area contributed by atoms with Crippen molar-refractivity contribution in [3.63, 3.8) is 0 Å². The Morgan fingerprint density at radius 1 is 1.43 bits per heavy atom. The molecule has 1 aromatic carbocycles. The van der Waals surface area contributed by atoms with Gasteiger partial charge in [0.1, 0.15) is 0 Å². The number of amides is 1. The molecule has 1 amide bonds. The van der Waals surface area contributed by atoms with Crippen LogP contribution in [0.25, 0.3) is 0 Å². The van der Waals surface area contributed by atoms with Crippen LogP contribution in [0.5, 0.6) is 0 Å². The fourth-order valence-corrected chi connectivity index (χ4v) is 1.96. The average molecular weight is 316 g/mol. The molecular formula is C14H15F3N2OS. The van der Waals surface area contributed by atoms with Gasteiger partial charge in [-0.05, 0) is 42.4 Å². The van der Waals surface area contributed by atoms with Gasteiger partial charge in [-0.3, -0.25) is 4.79 Å². The van der Waals surface area contributed by atoms with E-state index in [1.807, 2.05) is 0 Å². The highest BCUT2D eigenvalue weighted by molar-refractivity contribution is 8.00. The molecule has 0 saturated heterocycles. The van der Waals surface area contributed by atoms with Gasteiger partial charge < -0.3 is 11.1 Å². The zero-order valence-corrected chi connectivity index (χ0v) is 12.2. The highest BCUT2D eigenvalue weighted by Crippen LogP contribution is 2.29. The number of carbonyl (C=O) groups is 1. The van der Waals surface area contributed by atoms with Gasteiger partial charge in [0.2, 0.25) is 0 Å². The molecule has 0 unspecified atom stereocenters. The van der Waals surface area contributed by atoms with Crippen molar-refractivity contribution in [1.82, 2.24) is 5.32 Å². The van der Waals surface area contributed by atoms with E-state index in [0.29, 0.717) is 5.56 Å². The van der Waals surface area contributed by atoms with Crippen LogP contribution in [0.1, 0.15) is 21.5 Å². The van der Waals surface area contributed by atoms with Crippen LogP contribution in [0.4, 0.5) is 13.2 Å². The zero-order valence-electron chi connectivity index (χ0n) is 11.4. The molecule has 1 aromatic rings. The zero-order chi connectivity index (χ0) is 15.9. The van der Waals surface area contributed by atoms with Gasteiger partial charge in [-0.2, -0.15) is 13.2 Å². The van der Waals surface area contributed by atoms with Crippen molar-refractivity contribution in [3.8, 4) is 11.8 Å². The van der Waals surface area contributed by atoms with Crippen molar-refractivity contribution in [1.29, 1.82) is 0 Å².